The molecule has 0 saturated heterocycles. The number of carbonyl (C=O) groups excluding carboxylic acids is 2. The minimum atomic E-state index is -0.409. The van der Waals surface area contributed by atoms with Gasteiger partial charge in [-0.3, -0.25) is 4.79 Å². The summed E-state index contributed by atoms with van der Waals surface area (Å²) in [6.45, 7) is 0.431. The molecule has 120 valence electrons. The van der Waals surface area contributed by atoms with Crippen molar-refractivity contribution in [2.24, 2.45) is 0 Å². The number of ether oxygens (including phenoxy) is 1. The van der Waals surface area contributed by atoms with Crippen molar-refractivity contribution < 1.29 is 18.7 Å². The van der Waals surface area contributed by atoms with E-state index in [1.165, 1.54) is 19.2 Å². The van der Waals surface area contributed by atoms with Crippen molar-refractivity contribution in [1.82, 2.24) is 5.32 Å². The molecule has 0 aliphatic heterocycles. The van der Waals surface area contributed by atoms with E-state index >= 15 is 0 Å². The molecule has 0 fully saturated rings. The fraction of sp³-hybridized carbons (Fsp3) is 0.176. The Morgan fingerprint density at radius 1 is 1.04 bits per heavy atom. The minimum Gasteiger partial charge on any atom is -0.465 e. The summed E-state index contributed by atoms with van der Waals surface area (Å²) in [6, 6.07) is 12.6. The molecule has 2 aromatic rings. The van der Waals surface area contributed by atoms with Gasteiger partial charge in [-0.25, -0.2) is 9.18 Å². The van der Waals surface area contributed by atoms with Crippen molar-refractivity contribution in [2.45, 2.75) is 6.54 Å². The summed E-state index contributed by atoms with van der Waals surface area (Å²) in [5, 5.41) is 5.68. The molecule has 0 saturated carbocycles. The third kappa shape index (κ3) is 5.10. The highest BCUT2D eigenvalue weighted by molar-refractivity contribution is 5.89. The molecule has 0 radical (unpaired) electrons. The number of hydrogen-bond acceptors (Lipinski definition) is 4. The number of esters is 1. The Kier molecular flexibility index (Phi) is 5.68. The number of benzene rings is 2. The van der Waals surface area contributed by atoms with Crippen LogP contribution in [0.3, 0.4) is 0 Å². The maximum Gasteiger partial charge on any atom is 0.337 e. The van der Waals surface area contributed by atoms with Gasteiger partial charge in [0, 0.05) is 12.2 Å². The number of carbonyl (C=O) groups is 2. The molecule has 23 heavy (non-hydrogen) atoms. The van der Waals surface area contributed by atoms with Crippen LogP contribution in [0.2, 0.25) is 0 Å². The van der Waals surface area contributed by atoms with Gasteiger partial charge in [0.2, 0.25) is 5.91 Å². The lowest BCUT2D eigenvalue weighted by atomic mass is 10.2. The summed E-state index contributed by atoms with van der Waals surface area (Å²) < 4.78 is 17.4. The van der Waals surface area contributed by atoms with Crippen LogP contribution in [0.15, 0.2) is 48.5 Å². The van der Waals surface area contributed by atoms with Gasteiger partial charge in [0.05, 0.1) is 19.2 Å². The Hall–Kier alpha value is -2.89. The van der Waals surface area contributed by atoms with Crippen molar-refractivity contribution in [3.8, 4) is 0 Å². The van der Waals surface area contributed by atoms with Gasteiger partial charge < -0.3 is 15.4 Å². The highest BCUT2D eigenvalue weighted by Crippen LogP contribution is 2.10. The average Bonchev–Trinajstić information content (AvgIpc) is 2.59. The second-order valence-electron chi connectivity index (χ2n) is 4.83. The van der Waals surface area contributed by atoms with E-state index in [4.69, 9.17) is 0 Å². The third-order valence-electron chi connectivity index (χ3n) is 3.16. The van der Waals surface area contributed by atoms with Crippen LogP contribution >= 0.6 is 0 Å². The van der Waals surface area contributed by atoms with Gasteiger partial charge in [0.1, 0.15) is 5.82 Å². The highest BCUT2D eigenvalue weighted by Gasteiger charge is 2.05. The highest BCUT2D eigenvalue weighted by atomic mass is 19.1. The zero-order valence-corrected chi connectivity index (χ0v) is 12.6. The molecule has 0 aromatic heterocycles. The molecule has 0 atom stereocenters. The number of amides is 1. The zero-order chi connectivity index (χ0) is 16.7. The lowest BCUT2D eigenvalue weighted by molar-refractivity contribution is -0.119. The topological polar surface area (TPSA) is 67.4 Å². The van der Waals surface area contributed by atoms with Crippen LogP contribution in [-0.2, 0) is 16.1 Å². The molecule has 0 aliphatic carbocycles. The fourth-order valence-corrected chi connectivity index (χ4v) is 1.89. The van der Waals surface area contributed by atoms with Crippen LogP contribution in [0.5, 0.6) is 0 Å². The van der Waals surface area contributed by atoms with Crippen molar-refractivity contribution in [1.29, 1.82) is 0 Å². The number of rotatable bonds is 6. The van der Waals surface area contributed by atoms with Crippen molar-refractivity contribution in [3.05, 3.63) is 65.5 Å². The second-order valence-corrected chi connectivity index (χ2v) is 4.83. The molecular weight excluding hydrogens is 299 g/mol. The summed E-state index contributed by atoms with van der Waals surface area (Å²) in [5.74, 6) is -0.905. The Balaban J connectivity index is 1.77. The quantitative estimate of drug-likeness (QED) is 0.803. The smallest absolute Gasteiger partial charge is 0.337 e. The Labute approximate surface area is 133 Å². The number of methoxy groups -OCH3 is 1. The first-order valence-corrected chi connectivity index (χ1v) is 7.02. The molecule has 1 amide bonds. The van der Waals surface area contributed by atoms with Crippen LogP contribution in [0.25, 0.3) is 0 Å². The van der Waals surface area contributed by atoms with Crippen LogP contribution < -0.4 is 10.6 Å². The minimum absolute atomic E-state index is 0.0960. The molecule has 2 rings (SSSR count). The normalized spacial score (nSPS) is 10.0. The van der Waals surface area contributed by atoms with Crippen LogP contribution in [0, 0.1) is 5.82 Å². The van der Waals surface area contributed by atoms with E-state index in [0.717, 1.165) is 11.3 Å². The summed E-state index contributed by atoms with van der Waals surface area (Å²) in [6.07, 6.45) is 0. The molecular formula is C17H17FN2O3. The summed E-state index contributed by atoms with van der Waals surface area (Å²) in [4.78, 5) is 23.1. The monoisotopic (exact) mass is 316 g/mol. The molecule has 0 bridgehead atoms. The predicted molar refractivity (Wildman–Crippen MR) is 84.5 cm³/mol. The van der Waals surface area contributed by atoms with Gasteiger partial charge in [-0.15, -0.1) is 0 Å². The van der Waals surface area contributed by atoms with Gasteiger partial charge in [-0.1, -0.05) is 12.1 Å². The largest absolute Gasteiger partial charge is 0.465 e. The standard InChI is InChI=1S/C17H17FN2O3/c1-23-17(22)13-4-8-15(9-5-13)19-11-16(21)20-10-12-2-6-14(18)7-3-12/h2-9,19H,10-11H2,1H3,(H,20,21). The maximum absolute atomic E-state index is 12.8. The molecule has 2 aromatic carbocycles. The zero-order valence-electron chi connectivity index (χ0n) is 12.6. The SMILES string of the molecule is COC(=O)c1ccc(NCC(=O)NCc2ccc(F)cc2)cc1. The summed E-state index contributed by atoms with van der Waals surface area (Å²) in [7, 11) is 1.32. The van der Waals surface area contributed by atoms with Crippen molar-refractivity contribution in [2.75, 3.05) is 19.0 Å². The molecule has 0 unspecified atom stereocenters. The van der Waals surface area contributed by atoms with Gasteiger partial charge in [0.25, 0.3) is 0 Å². The van der Waals surface area contributed by atoms with Gasteiger partial charge in [0.15, 0.2) is 0 Å². The molecule has 2 N–H and O–H groups in total. The summed E-state index contributed by atoms with van der Waals surface area (Å²) in [5.41, 5.74) is 1.98. The van der Waals surface area contributed by atoms with E-state index in [-0.39, 0.29) is 18.3 Å². The second kappa shape index (κ2) is 7.93. The Morgan fingerprint density at radius 2 is 1.70 bits per heavy atom. The van der Waals surface area contributed by atoms with Gasteiger partial charge in [-0.2, -0.15) is 0 Å². The predicted octanol–water partition coefficient (Wildman–Crippen LogP) is 2.34. The fourth-order valence-electron chi connectivity index (χ4n) is 1.89. The van der Waals surface area contributed by atoms with Crippen molar-refractivity contribution >= 4 is 17.6 Å². The lowest BCUT2D eigenvalue weighted by Gasteiger charge is -2.08. The van der Waals surface area contributed by atoms with E-state index < -0.39 is 5.97 Å². The first-order valence-electron chi connectivity index (χ1n) is 7.02. The molecule has 6 heteroatoms. The lowest BCUT2D eigenvalue weighted by Crippen LogP contribution is -2.29. The third-order valence-corrected chi connectivity index (χ3v) is 3.16. The number of anilines is 1. The number of hydrogen-bond donors (Lipinski definition) is 2. The van der Waals surface area contributed by atoms with E-state index in [0.29, 0.717) is 12.1 Å². The molecule has 0 spiro atoms. The first-order chi connectivity index (χ1) is 11.1. The van der Waals surface area contributed by atoms with E-state index in [2.05, 4.69) is 15.4 Å². The van der Waals surface area contributed by atoms with E-state index in [1.54, 1.807) is 36.4 Å². The summed E-state index contributed by atoms with van der Waals surface area (Å²) >= 11 is 0. The maximum atomic E-state index is 12.8. The van der Waals surface area contributed by atoms with Crippen molar-refractivity contribution in [3.63, 3.8) is 0 Å². The number of halogens is 1. The van der Waals surface area contributed by atoms with Gasteiger partial charge in [-0.05, 0) is 42.0 Å². The van der Waals surface area contributed by atoms with Crippen LogP contribution in [0.4, 0.5) is 10.1 Å². The molecule has 0 heterocycles. The molecule has 0 aliphatic rings. The Morgan fingerprint density at radius 3 is 2.30 bits per heavy atom. The molecule has 5 nitrogen and oxygen atoms in total. The number of nitrogens with one attached hydrogen (secondary N) is 2. The van der Waals surface area contributed by atoms with E-state index in [9.17, 15) is 14.0 Å². The Bertz CT molecular complexity index is 669. The van der Waals surface area contributed by atoms with Crippen LogP contribution in [0.1, 0.15) is 15.9 Å². The van der Waals surface area contributed by atoms with Crippen LogP contribution in [-0.4, -0.2) is 25.5 Å². The first kappa shape index (κ1) is 16.5. The van der Waals surface area contributed by atoms with E-state index in [1.807, 2.05) is 0 Å². The van der Waals surface area contributed by atoms with Gasteiger partial charge >= 0.3 is 5.97 Å². The average molecular weight is 316 g/mol.